The Morgan fingerprint density at radius 3 is 2.76 bits per heavy atom. The standard InChI is InChI=1S/C11H20N4O2/c1-8(10(17)12-11(2,3)4)15-7-9(5-6-16)13-14-15/h7-8,16H,5-6H2,1-4H3,(H,12,17). The fraction of sp³-hybridized carbons (Fsp3) is 0.727. The Balaban J connectivity index is 2.68. The molecule has 96 valence electrons. The Morgan fingerprint density at radius 2 is 2.24 bits per heavy atom. The number of carbonyl (C=O) groups is 1. The van der Waals surface area contributed by atoms with Crippen LogP contribution in [0.4, 0.5) is 0 Å². The molecule has 0 aliphatic carbocycles. The molecule has 0 aliphatic heterocycles. The monoisotopic (exact) mass is 240 g/mol. The molecule has 6 heteroatoms. The van der Waals surface area contributed by atoms with E-state index in [1.165, 1.54) is 4.68 Å². The summed E-state index contributed by atoms with van der Waals surface area (Å²) in [6.45, 7) is 7.57. The lowest BCUT2D eigenvalue weighted by atomic mass is 10.1. The molecule has 1 heterocycles. The fourth-order valence-electron chi connectivity index (χ4n) is 1.33. The van der Waals surface area contributed by atoms with Crippen LogP contribution in [0, 0.1) is 0 Å². The zero-order valence-corrected chi connectivity index (χ0v) is 10.8. The molecular weight excluding hydrogens is 220 g/mol. The van der Waals surface area contributed by atoms with Gasteiger partial charge in [-0.05, 0) is 27.7 Å². The third-order valence-corrected chi connectivity index (χ3v) is 2.20. The average Bonchev–Trinajstić information content (AvgIpc) is 2.63. The number of amides is 1. The molecule has 0 aliphatic rings. The van der Waals surface area contributed by atoms with Crippen molar-refractivity contribution in [2.45, 2.75) is 45.7 Å². The van der Waals surface area contributed by atoms with Crippen molar-refractivity contribution in [1.29, 1.82) is 0 Å². The van der Waals surface area contributed by atoms with Crippen LogP contribution in [0.25, 0.3) is 0 Å². The first kappa shape index (κ1) is 13.6. The van der Waals surface area contributed by atoms with Crippen molar-refractivity contribution in [3.8, 4) is 0 Å². The minimum Gasteiger partial charge on any atom is -0.396 e. The Kier molecular flexibility index (Phi) is 4.22. The first-order valence-corrected chi connectivity index (χ1v) is 5.67. The molecule has 1 atom stereocenters. The van der Waals surface area contributed by atoms with E-state index in [9.17, 15) is 4.79 Å². The molecule has 2 N–H and O–H groups in total. The fourth-order valence-corrected chi connectivity index (χ4v) is 1.33. The van der Waals surface area contributed by atoms with Crippen molar-refractivity contribution in [3.05, 3.63) is 11.9 Å². The van der Waals surface area contributed by atoms with E-state index in [0.29, 0.717) is 12.1 Å². The number of aliphatic hydroxyl groups excluding tert-OH is 1. The van der Waals surface area contributed by atoms with E-state index in [1.54, 1.807) is 13.1 Å². The van der Waals surface area contributed by atoms with E-state index < -0.39 is 6.04 Å². The lowest BCUT2D eigenvalue weighted by Crippen LogP contribution is -2.43. The van der Waals surface area contributed by atoms with E-state index in [1.807, 2.05) is 20.8 Å². The second-order valence-corrected chi connectivity index (χ2v) is 5.08. The maximum absolute atomic E-state index is 11.9. The molecule has 17 heavy (non-hydrogen) atoms. The summed E-state index contributed by atoms with van der Waals surface area (Å²) in [5.41, 5.74) is 0.419. The van der Waals surface area contributed by atoms with E-state index in [-0.39, 0.29) is 18.1 Å². The van der Waals surface area contributed by atoms with Crippen LogP contribution in [0.15, 0.2) is 6.20 Å². The molecule has 6 nitrogen and oxygen atoms in total. The SMILES string of the molecule is CC(C(=O)NC(C)(C)C)n1cc(CCO)nn1. The van der Waals surface area contributed by atoms with Crippen molar-refractivity contribution >= 4 is 5.91 Å². The Morgan fingerprint density at radius 1 is 1.59 bits per heavy atom. The molecule has 0 saturated carbocycles. The molecule has 1 unspecified atom stereocenters. The minimum atomic E-state index is -0.408. The second-order valence-electron chi connectivity index (χ2n) is 5.08. The number of rotatable bonds is 4. The first-order valence-electron chi connectivity index (χ1n) is 5.67. The predicted molar refractivity (Wildman–Crippen MR) is 63.4 cm³/mol. The summed E-state index contributed by atoms with van der Waals surface area (Å²) in [4.78, 5) is 11.9. The van der Waals surface area contributed by atoms with Crippen LogP contribution >= 0.6 is 0 Å². The topological polar surface area (TPSA) is 80.0 Å². The molecule has 1 rings (SSSR count). The van der Waals surface area contributed by atoms with Gasteiger partial charge < -0.3 is 10.4 Å². The normalized spacial score (nSPS) is 13.5. The highest BCUT2D eigenvalue weighted by atomic mass is 16.3. The van der Waals surface area contributed by atoms with Crippen LogP contribution < -0.4 is 5.32 Å². The Bertz CT molecular complexity index is 381. The van der Waals surface area contributed by atoms with Crippen molar-refractivity contribution in [3.63, 3.8) is 0 Å². The van der Waals surface area contributed by atoms with Gasteiger partial charge in [0.1, 0.15) is 6.04 Å². The number of hydrogen-bond acceptors (Lipinski definition) is 4. The van der Waals surface area contributed by atoms with E-state index in [2.05, 4.69) is 15.6 Å². The number of aromatic nitrogens is 3. The predicted octanol–water partition coefficient (Wildman–Crippen LogP) is 0.289. The molecule has 0 aromatic carbocycles. The summed E-state index contributed by atoms with van der Waals surface area (Å²) in [5, 5.41) is 19.4. The minimum absolute atomic E-state index is 0.0290. The van der Waals surface area contributed by atoms with Crippen LogP contribution in [-0.2, 0) is 11.2 Å². The zero-order chi connectivity index (χ0) is 13.1. The third-order valence-electron chi connectivity index (χ3n) is 2.20. The lowest BCUT2D eigenvalue weighted by Gasteiger charge is -2.23. The largest absolute Gasteiger partial charge is 0.396 e. The smallest absolute Gasteiger partial charge is 0.245 e. The van der Waals surface area contributed by atoms with Crippen LogP contribution in [0.5, 0.6) is 0 Å². The van der Waals surface area contributed by atoms with Crippen molar-refractivity contribution in [2.75, 3.05) is 6.61 Å². The van der Waals surface area contributed by atoms with Gasteiger partial charge in [0.25, 0.3) is 0 Å². The summed E-state index contributed by atoms with van der Waals surface area (Å²) in [6.07, 6.45) is 2.14. The van der Waals surface area contributed by atoms with Gasteiger partial charge in [-0.3, -0.25) is 4.79 Å². The van der Waals surface area contributed by atoms with Gasteiger partial charge in [-0.25, -0.2) is 4.68 Å². The zero-order valence-electron chi connectivity index (χ0n) is 10.8. The number of nitrogens with one attached hydrogen (secondary N) is 1. The maximum Gasteiger partial charge on any atom is 0.245 e. The van der Waals surface area contributed by atoms with Gasteiger partial charge in [0.15, 0.2) is 0 Å². The third kappa shape index (κ3) is 4.14. The van der Waals surface area contributed by atoms with Gasteiger partial charge >= 0.3 is 0 Å². The molecule has 0 saturated heterocycles. The van der Waals surface area contributed by atoms with E-state index in [4.69, 9.17) is 5.11 Å². The molecule has 0 spiro atoms. The number of carbonyl (C=O) groups excluding carboxylic acids is 1. The molecule has 1 amide bonds. The summed E-state index contributed by atoms with van der Waals surface area (Å²) >= 11 is 0. The van der Waals surface area contributed by atoms with Gasteiger partial charge in [-0.2, -0.15) is 0 Å². The van der Waals surface area contributed by atoms with Gasteiger partial charge in [-0.15, -0.1) is 5.10 Å². The van der Waals surface area contributed by atoms with Crippen LogP contribution in [0.2, 0.25) is 0 Å². The Labute approximate surface area is 101 Å². The quantitative estimate of drug-likeness (QED) is 0.792. The van der Waals surface area contributed by atoms with Crippen LogP contribution in [-0.4, -0.2) is 38.2 Å². The van der Waals surface area contributed by atoms with Crippen LogP contribution in [0.1, 0.15) is 39.4 Å². The van der Waals surface area contributed by atoms with Crippen molar-refractivity contribution < 1.29 is 9.90 Å². The average molecular weight is 240 g/mol. The molecule has 1 aromatic rings. The molecule has 0 fully saturated rings. The first-order chi connectivity index (χ1) is 7.83. The van der Waals surface area contributed by atoms with Gasteiger partial charge in [0.05, 0.1) is 5.69 Å². The molecule has 0 radical (unpaired) electrons. The summed E-state index contributed by atoms with van der Waals surface area (Å²) in [5.74, 6) is -0.0991. The van der Waals surface area contributed by atoms with Gasteiger partial charge in [-0.1, -0.05) is 5.21 Å². The second kappa shape index (κ2) is 5.27. The number of hydrogen-bond donors (Lipinski definition) is 2. The van der Waals surface area contributed by atoms with Crippen LogP contribution in [0.3, 0.4) is 0 Å². The molecular formula is C11H20N4O2. The molecule has 0 bridgehead atoms. The summed E-state index contributed by atoms with van der Waals surface area (Å²) in [6, 6.07) is -0.408. The van der Waals surface area contributed by atoms with E-state index in [0.717, 1.165) is 0 Å². The highest BCUT2D eigenvalue weighted by molar-refractivity contribution is 5.80. The number of nitrogens with zero attached hydrogens (tertiary/aromatic N) is 3. The highest BCUT2D eigenvalue weighted by Gasteiger charge is 2.21. The number of aliphatic hydroxyl groups is 1. The van der Waals surface area contributed by atoms with Gasteiger partial charge in [0, 0.05) is 24.8 Å². The van der Waals surface area contributed by atoms with E-state index >= 15 is 0 Å². The van der Waals surface area contributed by atoms with Crippen molar-refractivity contribution in [2.24, 2.45) is 0 Å². The van der Waals surface area contributed by atoms with Crippen molar-refractivity contribution in [1.82, 2.24) is 20.3 Å². The molecule has 1 aromatic heterocycles. The lowest BCUT2D eigenvalue weighted by molar-refractivity contribution is -0.125. The van der Waals surface area contributed by atoms with Gasteiger partial charge in [0.2, 0.25) is 5.91 Å². The Hall–Kier alpha value is -1.43. The maximum atomic E-state index is 11.9. The summed E-state index contributed by atoms with van der Waals surface area (Å²) < 4.78 is 1.51. The highest BCUT2D eigenvalue weighted by Crippen LogP contribution is 2.08. The summed E-state index contributed by atoms with van der Waals surface area (Å²) in [7, 11) is 0.